The average molecular weight is 372 g/mol. The Balaban J connectivity index is 4.44. The first-order valence-electron chi connectivity index (χ1n) is 8.64. The van der Waals surface area contributed by atoms with E-state index < -0.39 is 17.7 Å². The highest BCUT2D eigenvalue weighted by molar-refractivity contribution is 5.88. The molecule has 0 aliphatic rings. The quantitative estimate of drug-likeness (QED) is 0.395. The smallest absolute Gasteiger partial charge is 0.407 e. The average Bonchev–Trinajstić information content (AvgIpc) is 2.45. The number of alkyl carbamates (subject to hydrolysis) is 1. The van der Waals surface area contributed by atoms with Crippen LogP contribution >= 0.6 is 0 Å². The van der Waals surface area contributed by atoms with Gasteiger partial charge in [0.25, 0.3) is 0 Å². The van der Waals surface area contributed by atoms with Gasteiger partial charge in [-0.25, -0.2) is 9.59 Å². The van der Waals surface area contributed by atoms with Crippen LogP contribution in [0.15, 0.2) is 11.1 Å². The molecule has 26 heavy (non-hydrogen) atoms. The molecule has 0 spiro atoms. The Morgan fingerprint density at radius 2 is 1.77 bits per heavy atom. The number of carbonyl (C=O) groups excluding carboxylic acids is 2. The van der Waals surface area contributed by atoms with Crippen molar-refractivity contribution in [1.29, 1.82) is 0 Å². The highest BCUT2D eigenvalue weighted by Gasteiger charge is 2.26. The Morgan fingerprint density at radius 3 is 2.19 bits per heavy atom. The Morgan fingerprint density at radius 1 is 1.19 bits per heavy atom. The van der Waals surface area contributed by atoms with Crippen LogP contribution < -0.4 is 11.1 Å². The maximum absolute atomic E-state index is 11.9. The molecule has 0 aromatic rings. The van der Waals surface area contributed by atoms with E-state index in [0.717, 1.165) is 0 Å². The van der Waals surface area contributed by atoms with Gasteiger partial charge in [0.1, 0.15) is 5.60 Å². The van der Waals surface area contributed by atoms with Gasteiger partial charge in [-0.2, -0.15) is 0 Å². The van der Waals surface area contributed by atoms with Crippen molar-refractivity contribution in [3.05, 3.63) is 11.1 Å². The summed E-state index contributed by atoms with van der Waals surface area (Å²) in [7, 11) is 0. The molecule has 0 radical (unpaired) electrons. The lowest BCUT2D eigenvalue weighted by molar-refractivity contribution is -0.150. The molecule has 0 aliphatic carbocycles. The number of ether oxygens (including phenoxy) is 2. The molecule has 0 aromatic carbocycles. The van der Waals surface area contributed by atoms with E-state index in [1.807, 2.05) is 13.8 Å². The van der Waals surface area contributed by atoms with Gasteiger partial charge in [-0.1, -0.05) is 19.4 Å². The van der Waals surface area contributed by atoms with Crippen molar-refractivity contribution in [2.75, 3.05) is 19.7 Å². The summed E-state index contributed by atoms with van der Waals surface area (Å²) in [5.41, 5.74) is 5.40. The zero-order valence-electron chi connectivity index (χ0n) is 16.5. The van der Waals surface area contributed by atoms with E-state index in [-0.39, 0.29) is 43.1 Å². The number of esters is 1. The van der Waals surface area contributed by atoms with Gasteiger partial charge in [-0.15, -0.1) is 0 Å². The number of allylic oxidation sites excluding steroid dienone is 1. The number of carbonyl (C=O) groups is 3. The second kappa shape index (κ2) is 10.8. The minimum Gasteiger partial charge on any atom is -0.478 e. The predicted molar refractivity (Wildman–Crippen MR) is 97.5 cm³/mol. The second-order valence-electron chi connectivity index (χ2n) is 7.29. The molecule has 0 saturated heterocycles. The molecule has 0 unspecified atom stereocenters. The maximum Gasteiger partial charge on any atom is 0.407 e. The maximum atomic E-state index is 11.9. The largest absolute Gasteiger partial charge is 0.478 e. The third kappa shape index (κ3) is 8.84. The SMILES string of the molecule is CC(C)=C(CNC(=O)OC(C)(C)CCOC(=O)[C@H](CN)C(C)C)C(=O)O. The summed E-state index contributed by atoms with van der Waals surface area (Å²) in [4.78, 5) is 34.9. The Bertz CT molecular complexity index is 536. The van der Waals surface area contributed by atoms with Crippen molar-refractivity contribution in [3.63, 3.8) is 0 Å². The summed E-state index contributed by atoms with van der Waals surface area (Å²) in [5.74, 6) is -1.73. The highest BCUT2D eigenvalue weighted by atomic mass is 16.6. The van der Waals surface area contributed by atoms with E-state index in [1.54, 1.807) is 27.7 Å². The Kier molecular flexibility index (Phi) is 9.93. The molecule has 0 bridgehead atoms. The van der Waals surface area contributed by atoms with Crippen molar-refractivity contribution in [2.24, 2.45) is 17.6 Å². The molecule has 8 heteroatoms. The lowest BCUT2D eigenvalue weighted by Gasteiger charge is -2.25. The number of rotatable bonds is 10. The van der Waals surface area contributed by atoms with Crippen LogP contribution in [0.2, 0.25) is 0 Å². The molecule has 1 amide bonds. The van der Waals surface area contributed by atoms with E-state index in [0.29, 0.717) is 12.0 Å². The highest BCUT2D eigenvalue weighted by Crippen LogP contribution is 2.17. The third-order valence-corrected chi connectivity index (χ3v) is 3.95. The van der Waals surface area contributed by atoms with Crippen molar-refractivity contribution in [2.45, 2.75) is 53.6 Å². The number of nitrogens with one attached hydrogen (secondary N) is 1. The molecule has 0 fully saturated rings. The fourth-order valence-electron chi connectivity index (χ4n) is 2.11. The predicted octanol–water partition coefficient (Wildman–Crippen LogP) is 2.08. The number of nitrogens with two attached hydrogens (primary N) is 1. The molecule has 8 nitrogen and oxygen atoms in total. The summed E-state index contributed by atoms with van der Waals surface area (Å²) < 4.78 is 10.5. The van der Waals surface area contributed by atoms with Crippen molar-refractivity contribution < 1.29 is 29.0 Å². The summed E-state index contributed by atoms with van der Waals surface area (Å²) in [6.45, 7) is 10.6. The molecular weight excluding hydrogens is 340 g/mol. The van der Waals surface area contributed by atoms with Gasteiger partial charge in [0, 0.05) is 13.0 Å². The van der Waals surface area contributed by atoms with E-state index in [1.165, 1.54) is 0 Å². The third-order valence-electron chi connectivity index (χ3n) is 3.95. The van der Waals surface area contributed by atoms with E-state index in [2.05, 4.69) is 5.32 Å². The van der Waals surface area contributed by atoms with Crippen LogP contribution in [0.25, 0.3) is 0 Å². The van der Waals surface area contributed by atoms with Crippen molar-refractivity contribution in [3.8, 4) is 0 Å². The first-order valence-corrected chi connectivity index (χ1v) is 8.64. The minimum atomic E-state index is -1.09. The molecule has 150 valence electrons. The van der Waals surface area contributed by atoms with Crippen LogP contribution in [0.4, 0.5) is 4.79 Å². The normalized spacial score (nSPS) is 12.3. The monoisotopic (exact) mass is 372 g/mol. The standard InChI is InChI=1S/C18H32N2O6/c1-11(2)13(9-19)16(23)25-8-7-18(5,6)26-17(24)20-10-14(12(3)4)15(21)22/h11,13H,7-10,19H2,1-6H3,(H,20,24)(H,21,22)/t13-/m1/s1. The molecule has 4 N–H and O–H groups in total. The Labute approximate surface area is 155 Å². The van der Waals surface area contributed by atoms with Crippen LogP contribution in [0, 0.1) is 11.8 Å². The fourth-order valence-corrected chi connectivity index (χ4v) is 2.11. The van der Waals surface area contributed by atoms with Gasteiger partial charge in [0.15, 0.2) is 0 Å². The van der Waals surface area contributed by atoms with Gasteiger partial charge >= 0.3 is 18.0 Å². The van der Waals surface area contributed by atoms with Crippen LogP contribution in [-0.2, 0) is 19.1 Å². The van der Waals surface area contributed by atoms with Crippen LogP contribution in [0.1, 0.15) is 48.0 Å². The second-order valence-corrected chi connectivity index (χ2v) is 7.29. The molecule has 0 aromatic heterocycles. The molecule has 0 heterocycles. The zero-order chi connectivity index (χ0) is 20.5. The summed E-state index contributed by atoms with van der Waals surface area (Å²) in [6, 6.07) is 0. The van der Waals surface area contributed by atoms with Gasteiger partial charge in [0.2, 0.25) is 0 Å². The first kappa shape index (κ1) is 23.9. The number of carboxylic acid groups (broad SMARTS) is 1. The zero-order valence-corrected chi connectivity index (χ0v) is 16.5. The number of hydrogen-bond acceptors (Lipinski definition) is 6. The topological polar surface area (TPSA) is 128 Å². The number of amides is 1. The van der Waals surface area contributed by atoms with Crippen molar-refractivity contribution >= 4 is 18.0 Å². The lowest BCUT2D eigenvalue weighted by atomic mass is 9.96. The van der Waals surface area contributed by atoms with Gasteiger partial charge < -0.3 is 25.6 Å². The van der Waals surface area contributed by atoms with Crippen LogP contribution in [0.5, 0.6) is 0 Å². The summed E-state index contributed by atoms with van der Waals surface area (Å²) in [5, 5.41) is 11.5. The fraction of sp³-hybridized carbons (Fsp3) is 0.722. The minimum absolute atomic E-state index is 0.0843. The van der Waals surface area contributed by atoms with E-state index >= 15 is 0 Å². The molecule has 0 aliphatic heterocycles. The summed E-state index contributed by atoms with van der Waals surface area (Å²) in [6.07, 6.45) is -0.431. The number of carboxylic acids is 1. The summed E-state index contributed by atoms with van der Waals surface area (Å²) >= 11 is 0. The molecular formula is C18H32N2O6. The number of aliphatic carboxylic acids is 1. The molecule has 0 rings (SSSR count). The van der Waals surface area contributed by atoms with E-state index in [9.17, 15) is 14.4 Å². The molecule has 0 saturated carbocycles. The van der Waals surface area contributed by atoms with Crippen LogP contribution in [0.3, 0.4) is 0 Å². The lowest BCUT2D eigenvalue weighted by Crippen LogP contribution is -2.37. The Hall–Kier alpha value is -2.09. The first-order chi connectivity index (χ1) is 11.9. The molecule has 1 atom stereocenters. The number of hydrogen-bond donors (Lipinski definition) is 3. The van der Waals surface area contributed by atoms with Gasteiger partial charge in [-0.05, 0) is 33.6 Å². The van der Waals surface area contributed by atoms with E-state index in [4.69, 9.17) is 20.3 Å². The van der Waals surface area contributed by atoms with Crippen LogP contribution in [-0.4, -0.2) is 48.4 Å². The van der Waals surface area contributed by atoms with Crippen molar-refractivity contribution in [1.82, 2.24) is 5.32 Å². The van der Waals surface area contributed by atoms with Gasteiger partial charge in [0.05, 0.1) is 24.6 Å². The van der Waals surface area contributed by atoms with Gasteiger partial charge in [-0.3, -0.25) is 4.79 Å².